The summed E-state index contributed by atoms with van der Waals surface area (Å²) in [7, 11) is -1.95. The van der Waals surface area contributed by atoms with Crippen LogP contribution >= 0.6 is 0 Å². The number of rotatable bonds is 3. The Balaban J connectivity index is 2.29. The Bertz CT molecular complexity index is 595. The topological polar surface area (TPSA) is 98.3 Å². The molecule has 1 aromatic rings. The van der Waals surface area contributed by atoms with Crippen molar-refractivity contribution >= 4 is 15.9 Å². The molecule has 0 radical (unpaired) electrons. The molecule has 0 aliphatic carbocycles. The second kappa shape index (κ2) is 4.61. The van der Waals surface area contributed by atoms with E-state index in [1.54, 1.807) is 18.5 Å². The molecule has 0 aromatic carbocycles. The maximum absolute atomic E-state index is 12.4. The number of aryl methyl sites for hydroxylation is 1. The van der Waals surface area contributed by atoms with Gasteiger partial charge < -0.3 is 10.3 Å². The number of imidazole rings is 1. The number of amides is 1. The molecule has 7 nitrogen and oxygen atoms in total. The Morgan fingerprint density at radius 3 is 2.74 bits per heavy atom. The van der Waals surface area contributed by atoms with Crippen LogP contribution in [0.15, 0.2) is 17.6 Å². The molecular weight excluding hydrogens is 268 g/mol. The second-order valence-corrected chi connectivity index (χ2v) is 7.13. The van der Waals surface area contributed by atoms with Crippen molar-refractivity contribution < 1.29 is 13.2 Å². The van der Waals surface area contributed by atoms with Crippen molar-refractivity contribution in [3.05, 3.63) is 12.5 Å². The zero-order valence-corrected chi connectivity index (χ0v) is 11.9. The maximum Gasteiger partial charge on any atom is 0.262 e. The Hall–Kier alpha value is -1.41. The lowest BCUT2D eigenvalue weighted by molar-refractivity contribution is -0.128. The summed E-state index contributed by atoms with van der Waals surface area (Å²) in [4.78, 5) is 15.3. The van der Waals surface area contributed by atoms with Crippen molar-refractivity contribution in [2.45, 2.75) is 24.8 Å². The number of piperidine rings is 1. The van der Waals surface area contributed by atoms with Gasteiger partial charge in [0.1, 0.15) is 0 Å². The van der Waals surface area contributed by atoms with Gasteiger partial charge in [0, 0.05) is 26.3 Å². The highest BCUT2D eigenvalue weighted by Gasteiger charge is 2.41. The first-order chi connectivity index (χ1) is 8.75. The van der Waals surface area contributed by atoms with E-state index >= 15 is 0 Å². The van der Waals surface area contributed by atoms with E-state index < -0.39 is 21.3 Å². The monoisotopic (exact) mass is 286 g/mol. The summed E-state index contributed by atoms with van der Waals surface area (Å²) in [6.07, 6.45) is 4.11. The Labute approximate surface area is 112 Å². The Morgan fingerprint density at radius 1 is 1.53 bits per heavy atom. The third-order valence-corrected chi connectivity index (χ3v) is 5.27. The first kappa shape index (κ1) is 14.0. The molecule has 1 aliphatic rings. The minimum atomic E-state index is -3.65. The van der Waals surface area contributed by atoms with E-state index in [-0.39, 0.29) is 11.6 Å². The van der Waals surface area contributed by atoms with Crippen molar-refractivity contribution in [1.29, 1.82) is 0 Å². The molecule has 1 aliphatic heterocycles. The SMILES string of the molecule is Cn1cnc(S(=O)(=O)N2CCCC(C)(C(N)=O)C2)c1. The summed E-state index contributed by atoms with van der Waals surface area (Å²) in [6, 6.07) is 0. The molecule has 1 fully saturated rings. The fourth-order valence-corrected chi connectivity index (χ4v) is 3.82. The van der Waals surface area contributed by atoms with Crippen LogP contribution in [0.25, 0.3) is 0 Å². The lowest BCUT2D eigenvalue weighted by Gasteiger charge is -2.36. The van der Waals surface area contributed by atoms with Crippen molar-refractivity contribution in [3.8, 4) is 0 Å². The molecule has 0 bridgehead atoms. The van der Waals surface area contributed by atoms with Crippen LogP contribution in [0.2, 0.25) is 0 Å². The Morgan fingerprint density at radius 2 is 2.21 bits per heavy atom. The van der Waals surface area contributed by atoms with Gasteiger partial charge in [-0.1, -0.05) is 0 Å². The van der Waals surface area contributed by atoms with Gasteiger partial charge in [0.2, 0.25) is 5.91 Å². The zero-order valence-electron chi connectivity index (χ0n) is 11.0. The van der Waals surface area contributed by atoms with Crippen LogP contribution in [0, 0.1) is 5.41 Å². The minimum Gasteiger partial charge on any atom is -0.369 e. The van der Waals surface area contributed by atoms with Crippen LogP contribution < -0.4 is 5.73 Å². The number of hydrogen-bond acceptors (Lipinski definition) is 4. The number of nitrogens with zero attached hydrogens (tertiary/aromatic N) is 3. The standard InChI is InChI=1S/C11H18N4O3S/c1-11(10(12)16)4-3-5-15(7-11)19(17,18)9-6-14(2)8-13-9/h6,8H,3-5,7H2,1-2H3,(H2,12,16). The average Bonchev–Trinajstić information content (AvgIpc) is 2.76. The van der Waals surface area contributed by atoms with Gasteiger partial charge in [-0.05, 0) is 19.8 Å². The fourth-order valence-electron chi connectivity index (χ4n) is 2.25. The van der Waals surface area contributed by atoms with E-state index in [4.69, 9.17) is 5.73 Å². The van der Waals surface area contributed by atoms with Gasteiger partial charge in [-0.25, -0.2) is 13.4 Å². The van der Waals surface area contributed by atoms with Crippen LogP contribution in [0.3, 0.4) is 0 Å². The summed E-state index contributed by atoms with van der Waals surface area (Å²) in [5.74, 6) is -0.464. The number of sulfonamides is 1. The van der Waals surface area contributed by atoms with Crippen molar-refractivity contribution in [2.75, 3.05) is 13.1 Å². The highest BCUT2D eigenvalue weighted by atomic mass is 32.2. The molecule has 1 amide bonds. The molecule has 1 saturated heterocycles. The lowest BCUT2D eigenvalue weighted by Crippen LogP contribution is -2.50. The summed E-state index contributed by atoms with van der Waals surface area (Å²) >= 11 is 0. The van der Waals surface area contributed by atoms with Crippen LogP contribution in [0.1, 0.15) is 19.8 Å². The average molecular weight is 286 g/mol. The van der Waals surface area contributed by atoms with Gasteiger partial charge in [0.15, 0.2) is 5.03 Å². The molecule has 8 heteroatoms. The van der Waals surface area contributed by atoms with Crippen LogP contribution in [0.5, 0.6) is 0 Å². The first-order valence-corrected chi connectivity index (χ1v) is 7.48. The number of carbonyl (C=O) groups excluding carboxylic acids is 1. The number of hydrogen-bond donors (Lipinski definition) is 1. The van der Waals surface area contributed by atoms with Crippen LogP contribution in [-0.4, -0.2) is 41.3 Å². The smallest absolute Gasteiger partial charge is 0.262 e. The third-order valence-electron chi connectivity index (χ3n) is 3.54. The van der Waals surface area contributed by atoms with Crippen molar-refractivity contribution in [1.82, 2.24) is 13.9 Å². The molecular formula is C11H18N4O3S. The van der Waals surface area contributed by atoms with Gasteiger partial charge in [0.05, 0.1) is 11.7 Å². The molecule has 1 aromatic heterocycles. The van der Waals surface area contributed by atoms with Crippen LogP contribution in [0.4, 0.5) is 0 Å². The highest BCUT2D eigenvalue weighted by Crippen LogP contribution is 2.31. The number of primary amides is 1. The Kier molecular flexibility index (Phi) is 3.40. The molecule has 19 heavy (non-hydrogen) atoms. The van der Waals surface area contributed by atoms with Gasteiger partial charge in [0.25, 0.3) is 10.0 Å². The molecule has 2 rings (SSSR count). The van der Waals surface area contributed by atoms with Crippen molar-refractivity contribution in [3.63, 3.8) is 0 Å². The predicted octanol–water partition coefficient (Wildman–Crippen LogP) is -0.304. The van der Waals surface area contributed by atoms with E-state index in [1.807, 2.05) is 0 Å². The summed E-state index contributed by atoms with van der Waals surface area (Å²) in [5, 5.41) is 0.00344. The molecule has 0 saturated carbocycles. The summed E-state index contributed by atoms with van der Waals surface area (Å²) in [6.45, 7) is 2.21. The predicted molar refractivity (Wildman–Crippen MR) is 68.5 cm³/mol. The molecule has 0 spiro atoms. The van der Waals surface area contributed by atoms with Gasteiger partial charge in [-0.3, -0.25) is 4.79 Å². The van der Waals surface area contributed by atoms with E-state index in [1.165, 1.54) is 16.8 Å². The van der Waals surface area contributed by atoms with E-state index in [9.17, 15) is 13.2 Å². The quantitative estimate of drug-likeness (QED) is 0.824. The van der Waals surface area contributed by atoms with Gasteiger partial charge in [-0.2, -0.15) is 4.31 Å². The van der Waals surface area contributed by atoms with E-state index in [0.717, 1.165) is 0 Å². The fraction of sp³-hybridized carbons (Fsp3) is 0.636. The first-order valence-electron chi connectivity index (χ1n) is 6.04. The zero-order chi connectivity index (χ0) is 14.3. The molecule has 2 N–H and O–H groups in total. The minimum absolute atomic E-state index is 0.00344. The maximum atomic E-state index is 12.4. The summed E-state index contributed by atoms with van der Waals surface area (Å²) in [5.41, 5.74) is 4.56. The second-order valence-electron chi connectivity index (χ2n) is 5.24. The largest absolute Gasteiger partial charge is 0.369 e. The molecule has 106 valence electrons. The van der Waals surface area contributed by atoms with Gasteiger partial charge in [-0.15, -0.1) is 0 Å². The third kappa shape index (κ3) is 2.50. The van der Waals surface area contributed by atoms with Gasteiger partial charge >= 0.3 is 0 Å². The van der Waals surface area contributed by atoms with E-state index in [0.29, 0.717) is 19.4 Å². The van der Waals surface area contributed by atoms with Crippen LogP contribution in [-0.2, 0) is 21.9 Å². The number of carbonyl (C=O) groups is 1. The highest BCUT2D eigenvalue weighted by molar-refractivity contribution is 7.89. The summed E-state index contributed by atoms with van der Waals surface area (Å²) < 4.78 is 27.7. The van der Waals surface area contributed by atoms with Crippen molar-refractivity contribution in [2.24, 2.45) is 18.2 Å². The van der Waals surface area contributed by atoms with E-state index in [2.05, 4.69) is 4.98 Å². The normalized spacial score (nSPS) is 25.4. The number of nitrogens with two attached hydrogens (primary N) is 1. The molecule has 1 unspecified atom stereocenters. The molecule has 1 atom stereocenters. The molecule has 2 heterocycles. The lowest BCUT2D eigenvalue weighted by atomic mass is 9.82. The number of aromatic nitrogens is 2.